The number of nitrogens with one attached hydrogen (secondary N) is 1. The van der Waals surface area contributed by atoms with Crippen molar-refractivity contribution in [2.45, 2.75) is 37.4 Å². The fraction of sp³-hybridized carbons (Fsp3) is 0.643. The monoisotopic (exact) mass is 392 g/mol. The molecule has 2 N–H and O–H groups in total. The quantitative estimate of drug-likeness (QED) is 0.776. The summed E-state index contributed by atoms with van der Waals surface area (Å²) in [6.07, 6.45) is 1.93. The molecular formula is C14H21ClN4O3S2. The second-order valence-electron chi connectivity index (χ2n) is 6.41. The normalized spacial score (nSPS) is 24.0. The highest BCUT2D eigenvalue weighted by atomic mass is 35.5. The molecule has 2 aromatic heterocycles. The summed E-state index contributed by atoms with van der Waals surface area (Å²) in [5.41, 5.74) is 0. The van der Waals surface area contributed by atoms with Crippen LogP contribution in [0, 0.1) is 5.92 Å². The smallest absolute Gasteiger partial charge is 0.259 e. The van der Waals surface area contributed by atoms with Gasteiger partial charge in [0.2, 0.25) is 0 Å². The van der Waals surface area contributed by atoms with Crippen LogP contribution in [0.4, 0.5) is 0 Å². The topological polar surface area (TPSA) is 86.9 Å². The van der Waals surface area contributed by atoms with Crippen molar-refractivity contribution in [2.75, 3.05) is 19.6 Å². The number of likely N-dealkylation sites (tertiary alicyclic amines) is 1. The molecule has 1 aliphatic rings. The largest absolute Gasteiger partial charge is 0.390 e. The first-order valence-corrected chi connectivity index (χ1v) is 10.5. The molecule has 0 bridgehead atoms. The number of sulfonamides is 1. The van der Waals surface area contributed by atoms with Crippen LogP contribution in [-0.4, -0.2) is 59.6 Å². The maximum absolute atomic E-state index is 12.5. The van der Waals surface area contributed by atoms with E-state index in [-0.39, 0.29) is 16.7 Å². The van der Waals surface area contributed by atoms with Crippen molar-refractivity contribution < 1.29 is 13.5 Å². The van der Waals surface area contributed by atoms with Gasteiger partial charge in [-0.2, -0.15) is 0 Å². The van der Waals surface area contributed by atoms with Crippen molar-refractivity contribution >= 4 is 37.9 Å². The predicted octanol–water partition coefficient (Wildman–Crippen LogP) is 1.42. The molecule has 0 radical (unpaired) electrons. The van der Waals surface area contributed by atoms with Gasteiger partial charge in [0.25, 0.3) is 10.0 Å². The van der Waals surface area contributed by atoms with Gasteiger partial charge in [0.15, 0.2) is 15.1 Å². The molecule has 24 heavy (non-hydrogen) atoms. The van der Waals surface area contributed by atoms with E-state index in [9.17, 15) is 13.5 Å². The van der Waals surface area contributed by atoms with Crippen molar-refractivity contribution in [3.63, 3.8) is 0 Å². The van der Waals surface area contributed by atoms with Crippen LogP contribution in [0.2, 0.25) is 5.15 Å². The van der Waals surface area contributed by atoms with Gasteiger partial charge in [-0.25, -0.2) is 18.1 Å². The summed E-state index contributed by atoms with van der Waals surface area (Å²) in [6.45, 7) is 5.61. The Labute approximate surface area is 150 Å². The van der Waals surface area contributed by atoms with E-state index in [1.807, 2.05) is 0 Å². The van der Waals surface area contributed by atoms with Gasteiger partial charge in [-0.15, -0.1) is 11.3 Å². The van der Waals surface area contributed by atoms with Crippen LogP contribution in [0.25, 0.3) is 4.96 Å². The number of aromatic nitrogens is 2. The zero-order chi connectivity index (χ0) is 17.5. The number of aliphatic hydroxyl groups excluding tert-OH is 1. The number of hydrogen-bond acceptors (Lipinski definition) is 6. The Bertz CT molecular complexity index is 819. The van der Waals surface area contributed by atoms with Crippen molar-refractivity contribution in [2.24, 2.45) is 5.92 Å². The lowest BCUT2D eigenvalue weighted by molar-refractivity contribution is 0.111. The molecule has 134 valence electrons. The summed E-state index contributed by atoms with van der Waals surface area (Å²) in [5.74, 6) is 0.598. The number of nitrogens with zero attached hydrogens (tertiary/aromatic N) is 3. The van der Waals surface area contributed by atoms with Crippen molar-refractivity contribution in [1.82, 2.24) is 19.0 Å². The molecule has 1 saturated heterocycles. The maximum atomic E-state index is 12.5. The minimum atomic E-state index is -3.85. The van der Waals surface area contributed by atoms with Crippen LogP contribution in [0.3, 0.4) is 0 Å². The lowest BCUT2D eigenvalue weighted by atomic mass is 10.1. The Morgan fingerprint density at radius 2 is 2.29 bits per heavy atom. The minimum Gasteiger partial charge on any atom is -0.390 e. The molecule has 2 aromatic rings. The Morgan fingerprint density at radius 1 is 1.54 bits per heavy atom. The molecule has 3 atom stereocenters. The third-order valence-corrected chi connectivity index (χ3v) is 6.88. The lowest BCUT2D eigenvalue weighted by Gasteiger charge is -2.24. The molecule has 0 aromatic carbocycles. The molecule has 7 nitrogen and oxygen atoms in total. The molecule has 0 amide bonds. The van der Waals surface area contributed by atoms with Gasteiger partial charge in [-0.3, -0.25) is 9.30 Å². The first-order valence-electron chi connectivity index (χ1n) is 7.80. The Hall–Kier alpha value is -0.710. The molecule has 0 spiro atoms. The van der Waals surface area contributed by atoms with Crippen LogP contribution in [-0.2, 0) is 10.0 Å². The number of β-amino-alcohol motifs (C(OH)–C–C–N with tert-alkyl or cyclic N) is 1. The summed E-state index contributed by atoms with van der Waals surface area (Å²) >= 11 is 7.27. The standard InChI is InChI=1S/C14H21ClN4O3S2/c1-9-5-10(2)18(7-9)8-11(20)6-16-24(21,22)13-12(15)17-14-19(13)3-4-23-14/h3-4,9-11,16,20H,5-8H2,1-2H3/t9?,10?,11-/m0/s1. The highest BCUT2D eigenvalue weighted by Gasteiger charge is 2.29. The van der Waals surface area contributed by atoms with Crippen LogP contribution in [0.15, 0.2) is 16.6 Å². The number of halogens is 1. The van der Waals surface area contributed by atoms with Gasteiger partial charge in [0, 0.05) is 37.3 Å². The van der Waals surface area contributed by atoms with Crippen molar-refractivity contribution in [1.29, 1.82) is 0 Å². The second kappa shape index (κ2) is 6.89. The highest BCUT2D eigenvalue weighted by Crippen LogP contribution is 2.25. The van der Waals surface area contributed by atoms with E-state index < -0.39 is 16.1 Å². The molecular weight excluding hydrogens is 372 g/mol. The van der Waals surface area contributed by atoms with Crippen LogP contribution in [0.1, 0.15) is 20.3 Å². The Kier molecular flexibility index (Phi) is 5.19. The van der Waals surface area contributed by atoms with Crippen molar-refractivity contribution in [3.8, 4) is 0 Å². The number of imidazole rings is 1. The van der Waals surface area contributed by atoms with E-state index >= 15 is 0 Å². The van der Waals surface area contributed by atoms with Gasteiger partial charge < -0.3 is 5.11 Å². The maximum Gasteiger partial charge on any atom is 0.259 e. The van der Waals surface area contributed by atoms with Crippen molar-refractivity contribution in [3.05, 3.63) is 16.7 Å². The van der Waals surface area contributed by atoms with E-state index in [4.69, 9.17) is 11.6 Å². The van der Waals surface area contributed by atoms with E-state index in [1.54, 1.807) is 11.6 Å². The third-order valence-electron chi connectivity index (χ3n) is 4.30. The third kappa shape index (κ3) is 3.61. The zero-order valence-electron chi connectivity index (χ0n) is 13.5. The molecule has 1 aliphatic heterocycles. The van der Waals surface area contributed by atoms with Crippen LogP contribution in [0.5, 0.6) is 0 Å². The lowest BCUT2D eigenvalue weighted by Crippen LogP contribution is -2.41. The van der Waals surface area contributed by atoms with E-state index in [1.165, 1.54) is 15.7 Å². The van der Waals surface area contributed by atoms with E-state index in [2.05, 4.69) is 28.5 Å². The predicted molar refractivity (Wildman–Crippen MR) is 94.1 cm³/mol. The van der Waals surface area contributed by atoms with Crippen LogP contribution < -0.4 is 4.72 Å². The number of thiazole rings is 1. The fourth-order valence-corrected chi connectivity index (χ4v) is 5.75. The zero-order valence-corrected chi connectivity index (χ0v) is 15.9. The summed E-state index contributed by atoms with van der Waals surface area (Å²) in [4.78, 5) is 6.73. The number of rotatable bonds is 6. The number of hydrogen-bond donors (Lipinski definition) is 2. The SMILES string of the molecule is CC1CC(C)N(C[C@@H](O)CNS(=O)(=O)c2c(Cl)nc3sccn23)C1. The van der Waals surface area contributed by atoms with Crippen LogP contribution >= 0.6 is 22.9 Å². The molecule has 2 unspecified atom stereocenters. The summed E-state index contributed by atoms with van der Waals surface area (Å²) in [6, 6.07) is 0.404. The van der Waals surface area contributed by atoms with Gasteiger partial charge in [-0.05, 0) is 19.3 Å². The first kappa shape index (κ1) is 18.1. The van der Waals surface area contributed by atoms with Gasteiger partial charge in [0.05, 0.1) is 6.10 Å². The fourth-order valence-electron chi connectivity index (χ4n) is 3.23. The highest BCUT2D eigenvalue weighted by molar-refractivity contribution is 7.89. The molecule has 10 heteroatoms. The average molecular weight is 393 g/mol. The molecule has 0 saturated carbocycles. The molecule has 3 rings (SSSR count). The summed E-state index contributed by atoms with van der Waals surface area (Å²) in [5, 5.41) is 11.8. The van der Waals surface area contributed by atoms with E-state index in [0.717, 1.165) is 13.0 Å². The number of aliphatic hydroxyl groups is 1. The average Bonchev–Trinajstić information content (AvgIpc) is 3.11. The van der Waals surface area contributed by atoms with Gasteiger partial charge in [0.1, 0.15) is 0 Å². The summed E-state index contributed by atoms with van der Waals surface area (Å²) < 4.78 is 28.9. The first-order chi connectivity index (χ1) is 11.3. The molecule has 0 aliphatic carbocycles. The molecule has 3 heterocycles. The summed E-state index contributed by atoms with van der Waals surface area (Å²) in [7, 11) is -3.85. The van der Waals surface area contributed by atoms with E-state index in [0.29, 0.717) is 23.5 Å². The minimum absolute atomic E-state index is 0.0619. The Balaban J connectivity index is 1.65. The molecule has 1 fully saturated rings. The van der Waals surface area contributed by atoms with Gasteiger partial charge >= 0.3 is 0 Å². The number of fused-ring (bicyclic) bond motifs is 1. The van der Waals surface area contributed by atoms with Gasteiger partial charge in [-0.1, -0.05) is 18.5 Å². The Morgan fingerprint density at radius 3 is 2.96 bits per heavy atom. The second-order valence-corrected chi connectivity index (χ2v) is 9.33.